The summed E-state index contributed by atoms with van der Waals surface area (Å²) in [6.07, 6.45) is 1.38. The zero-order valence-corrected chi connectivity index (χ0v) is 23.9. The van der Waals surface area contributed by atoms with Crippen LogP contribution >= 0.6 is 0 Å². The van der Waals surface area contributed by atoms with Crippen molar-refractivity contribution in [2.24, 2.45) is 0 Å². The molecule has 1 saturated heterocycles. The molecule has 5 N–H and O–H groups in total. The number of allylic oxidation sites excluding steroid dienone is 2. The van der Waals surface area contributed by atoms with Crippen molar-refractivity contribution in [2.75, 3.05) is 18.1 Å². The van der Waals surface area contributed by atoms with Crippen LogP contribution in [0.1, 0.15) is 63.5 Å². The van der Waals surface area contributed by atoms with Crippen molar-refractivity contribution in [3.63, 3.8) is 0 Å². The third-order valence-corrected chi connectivity index (χ3v) is 8.13. The number of carboxylic acids is 1. The maximum absolute atomic E-state index is 10.7. The SMILES string of the molecule is CC1(C)/C(=C\Cc2ccc(O[C@@H]3O[C@H](CO)[C@H](O)[C@H](O)[C@H]3O)cc2)N(CCCCCCCC(=O)O)c2ccccc21. The van der Waals surface area contributed by atoms with Gasteiger partial charge in [0.1, 0.15) is 30.2 Å². The number of para-hydroxylation sites is 1. The lowest BCUT2D eigenvalue weighted by molar-refractivity contribution is -0.277. The van der Waals surface area contributed by atoms with Gasteiger partial charge in [-0.3, -0.25) is 4.79 Å². The fraction of sp³-hybridized carbons (Fsp3) is 0.531. The lowest BCUT2D eigenvalue weighted by Crippen LogP contribution is -2.60. The fourth-order valence-corrected chi connectivity index (χ4v) is 5.74. The van der Waals surface area contributed by atoms with Gasteiger partial charge >= 0.3 is 5.97 Å². The van der Waals surface area contributed by atoms with Crippen LogP contribution in [0.15, 0.2) is 60.3 Å². The predicted octanol–water partition coefficient (Wildman–Crippen LogP) is 3.51. The normalized spacial score (nSPS) is 26.2. The van der Waals surface area contributed by atoms with Crippen LogP contribution in [0, 0.1) is 0 Å². The number of aliphatic carboxylic acids is 1. The highest BCUT2D eigenvalue weighted by Crippen LogP contribution is 2.47. The molecule has 0 aromatic heterocycles. The van der Waals surface area contributed by atoms with Crippen LogP contribution in [-0.2, 0) is 21.4 Å². The Morgan fingerprint density at radius 1 is 0.951 bits per heavy atom. The number of aliphatic hydroxyl groups excluding tert-OH is 4. The highest BCUT2D eigenvalue weighted by molar-refractivity contribution is 5.70. The molecule has 4 rings (SSSR count). The number of unbranched alkanes of at least 4 members (excludes halogenated alkanes) is 4. The Morgan fingerprint density at radius 2 is 1.63 bits per heavy atom. The molecule has 0 spiro atoms. The fourth-order valence-electron chi connectivity index (χ4n) is 5.74. The van der Waals surface area contributed by atoms with E-state index >= 15 is 0 Å². The maximum Gasteiger partial charge on any atom is 0.303 e. The summed E-state index contributed by atoms with van der Waals surface area (Å²) < 4.78 is 11.2. The first-order valence-corrected chi connectivity index (χ1v) is 14.5. The number of hydrogen-bond acceptors (Lipinski definition) is 8. The van der Waals surface area contributed by atoms with Gasteiger partial charge in [-0.15, -0.1) is 0 Å². The summed E-state index contributed by atoms with van der Waals surface area (Å²) in [4.78, 5) is 13.2. The third kappa shape index (κ3) is 7.28. The summed E-state index contributed by atoms with van der Waals surface area (Å²) in [5.41, 5.74) is 4.72. The van der Waals surface area contributed by atoms with Crippen LogP contribution in [0.5, 0.6) is 5.75 Å². The average molecular weight is 570 g/mol. The Hall–Kier alpha value is -2.95. The molecule has 0 saturated carbocycles. The molecule has 0 amide bonds. The zero-order chi connectivity index (χ0) is 29.6. The van der Waals surface area contributed by atoms with Crippen LogP contribution in [-0.4, -0.2) is 75.4 Å². The summed E-state index contributed by atoms with van der Waals surface area (Å²) >= 11 is 0. The average Bonchev–Trinajstić information content (AvgIpc) is 3.17. The van der Waals surface area contributed by atoms with E-state index < -0.39 is 43.3 Å². The quantitative estimate of drug-likeness (QED) is 0.229. The first kappa shape index (κ1) is 31.0. The lowest BCUT2D eigenvalue weighted by Gasteiger charge is -2.39. The van der Waals surface area contributed by atoms with Crippen molar-refractivity contribution in [3.8, 4) is 5.75 Å². The van der Waals surface area contributed by atoms with Crippen LogP contribution < -0.4 is 9.64 Å². The monoisotopic (exact) mass is 569 g/mol. The first-order valence-electron chi connectivity index (χ1n) is 14.5. The molecule has 0 aliphatic carbocycles. The zero-order valence-electron chi connectivity index (χ0n) is 23.9. The smallest absolute Gasteiger partial charge is 0.303 e. The number of anilines is 1. The molecule has 5 atom stereocenters. The Balaban J connectivity index is 1.40. The molecule has 2 aromatic rings. The van der Waals surface area contributed by atoms with Gasteiger partial charge in [0.25, 0.3) is 0 Å². The molecule has 2 aliphatic heterocycles. The standard InChI is InChI=1S/C32H43NO8/c1-32(2)23-10-7-8-11-24(23)33(19-9-5-3-4-6-12-27(35)36)26(32)18-15-21-13-16-22(17-14-21)40-31-30(39)29(38)28(37)25(20-34)41-31/h7-8,10-11,13-14,16-18,25,28-31,34,37-39H,3-6,9,12,15,19-20H2,1-2H3,(H,35,36)/b26-18+/t25-,28+,29+,30-,31-/m1/s1. The van der Waals surface area contributed by atoms with Gasteiger partial charge < -0.3 is 39.9 Å². The Bertz CT molecular complexity index is 1180. The van der Waals surface area contributed by atoms with Crippen LogP contribution in [0.3, 0.4) is 0 Å². The van der Waals surface area contributed by atoms with Crippen molar-refractivity contribution >= 4 is 11.7 Å². The summed E-state index contributed by atoms with van der Waals surface area (Å²) in [7, 11) is 0. The molecular formula is C32H43NO8. The lowest BCUT2D eigenvalue weighted by atomic mass is 9.83. The number of benzene rings is 2. The number of hydrogen-bond donors (Lipinski definition) is 5. The molecule has 9 nitrogen and oxygen atoms in total. The number of ether oxygens (including phenoxy) is 2. The van der Waals surface area contributed by atoms with E-state index in [0.29, 0.717) is 12.2 Å². The predicted molar refractivity (Wildman–Crippen MR) is 155 cm³/mol. The number of carbonyl (C=O) groups is 1. The van der Waals surface area contributed by atoms with Crippen LogP contribution in [0.2, 0.25) is 0 Å². The largest absolute Gasteiger partial charge is 0.481 e. The van der Waals surface area contributed by atoms with E-state index in [2.05, 4.69) is 49.1 Å². The van der Waals surface area contributed by atoms with Gasteiger partial charge in [0.05, 0.1) is 6.61 Å². The minimum absolute atomic E-state index is 0.149. The highest BCUT2D eigenvalue weighted by atomic mass is 16.7. The molecule has 41 heavy (non-hydrogen) atoms. The number of carboxylic acid groups (broad SMARTS) is 1. The molecule has 0 radical (unpaired) electrons. The molecule has 9 heteroatoms. The van der Waals surface area contributed by atoms with E-state index in [1.165, 1.54) is 16.9 Å². The molecule has 2 aliphatic rings. The van der Waals surface area contributed by atoms with Gasteiger partial charge in [0, 0.05) is 29.8 Å². The van der Waals surface area contributed by atoms with Crippen molar-refractivity contribution in [3.05, 3.63) is 71.4 Å². The van der Waals surface area contributed by atoms with Crippen LogP contribution in [0.25, 0.3) is 0 Å². The summed E-state index contributed by atoms with van der Waals surface area (Å²) in [5.74, 6) is -0.295. The van der Waals surface area contributed by atoms with Crippen molar-refractivity contribution in [2.45, 2.75) is 94.9 Å². The Kier molecular flexibility index (Phi) is 10.4. The van der Waals surface area contributed by atoms with Gasteiger partial charge in [0.2, 0.25) is 6.29 Å². The first-order chi connectivity index (χ1) is 19.6. The van der Waals surface area contributed by atoms with Crippen molar-refractivity contribution < 1.29 is 39.8 Å². The molecule has 0 unspecified atom stereocenters. The third-order valence-electron chi connectivity index (χ3n) is 8.13. The van der Waals surface area contributed by atoms with Crippen LogP contribution in [0.4, 0.5) is 5.69 Å². The van der Waals surface area contributed by atoms with E-state index in [-0.39, 0.29) is 11.8 Å². The second-order valence-corrected chi connectivity index (χ2v) is 11.5. The second kappa shape index (κ2) is 13.8. The Morgan fingerprint density at radius 3 is 2.34 bits per heavy atom. The van der Waals surface area contributed by atoms with Gasteiger partial charge in [-0.05, 0) is 48.6 Å². The second-order valence-electron chi connectivity index (χ2n) is 11.5. The number of fused-ring (bicyclic) bond motifs is 1. The summed E-state index contributed by atoms with van der Waals surface area (Å²) in [6.45, 7) is 4.89. The van der Waals surface area contributed by atoms with E-state index in [9.17, 15) is 25.2 Å². The number of rotatable bonds is 13. The van der Waals surface area contributed by atoms with Gasteiger partial charge in [-0.1, -0.05) is 69.5 Å². The summed E-state index contributed by atoms with van der Waals surface area (Å²) in [6, 6.07) is 15.9. The van der Waals surface area contributed by atoms with E-state index in [4.69, 9.17) is 14.6 Å². The summed E-state index contributed by atoms with van der Waals surface area (Å²) in [5, 5.41) is 48.5. The molecule has 2 heterocycles. The minimum atomic E-state index is -1.49. The number of nitrogens with zero attached hydrogens (tertiary/aromatic N) is 1. The molecule has 224 valence electrons. The molecule has 0 bridgehead atoms. The molecule has 1 fully saturated rings. The van der Waals surface area contributed by atoms with Crippen molar-refractivity contribution in [1.29, 1.82) is 0 Å². The van der Waals surface area contributed by atoms with Crippen molar-refractivity contribution in [1.82, 2.24) is 0 Å². The topological polar surface area (TPSA) is 140 Å². The molecular weight excluding hydrogens is 526 g/mol. The van der Waals surface area contributed by atoms with E-state index in [1.807, 2.05) is 12.1 Å². The van der Waals surface area contributed by atoms with Gasteiger partial charge in [-0.25, -0.2) is 0 Å². The molecule has 2 aromatic carbocycles. The van der Waals surface area contributed by atoms with Gasteiger partial charge in [-0.2, -0.15) is 0 Å². The Labute approximate surface area is 241 Å². The van der Waals surface area contributed by atoms with E-state index in [1.54, 1.807) is 12.1 Å². The highest BCUT2D eigenvalue weighted by Gasteiger charge is 2.44. The van der Waals surface area contributed by atoms with Gasteiger partial charge in [0.15, 0.2) is 0 Å². The number of aliphatic hydroxyl groups is 4. The van der Waals surface area contributed by atoms with E-state index in [0.717, 1.165) is 44.2 Å². The minimum Gasteiger partial charge on any atom is -0.481 e. The maximum atomic E-state index is 10.7.